The van der Waals surface area contributed by atoms with Crippen LogP contribution in [0.1, 0.15) is 17.2 Å². The molecule has 2 nitrogen and oxygen atoms in total. The van der Waals surface area contributed by atoms with Crippen molar-refractivity contribution < 1.29 is 22.3 Å². The normalized spacial score (nSPS) is 12.4. The van der Waals surface area contributed by atoms with Crippen LogP contribution in [0, 0.1) is 5.82 Å². The first kappa shape index (κ1) is 17.3. The number of rotatable bonds is 3. The highest BCUT2D eigenvalue weighted by Gasteiger charge is 2.31. The molecule has 0 aliphatic carbocycles. The molecule has 0 unspecified atom stereocenters. The van der Waals surface area contributed by atoms with E-state index in [1.165, 1.54) is 42.5 Å². The molecule has 2 aromatic carbocycles. The Balaban J connectivity index is 0.00000220. The Hall–Kier alpha value is -1.79. The van der Waals surface area contributed by atoms with Gasteiger partial charge in [0.15, 0.2) is 0 Å². The topological polar surface area (TPSA) is 35.2 Å². The van der Waals surface area contributed by atoms with E-state index in [-0.39, 0.29) is 18.2 Å². The van der Waals surface area contributed by atoms with Crippen molar-refractivity contribution in [2.24, 2.45) is 5.73 Å². The first-order valence-electron chi connectivity index (χ1n) is 5.72. The van der Waals surface area contributed by atoms with Gasteiger partial charge in [0, 0.05) is 0 Å². The van der Waals surface area contributed by atoms with Gasteiger partial charge in [-0.15, -0.1) is 25.6 Å². The van der Waals surface area contributed by atoms with E-state index in [1.807, 2.05) is 0 Å². The molecule has 0 aromatic heterocycles. The number of benzene rings is 2. The summed E-state index contributed by atoms with van der Waals surface area (Å²) >= 11 is 0. The second-order valence-electron chi connectivity index (χ2n) is 4.15. The van der Waals surface area contributed by atoms with Gasteiger partial charge in [-0.3, -0.25) is 0 Å². The highest BCUT2D eigenvalue weighted by atomic mass is 35.5. The molecule has 0 spiro atoms. The van der Waals surface area contributed by atoms with Crippen molar-refractivity contribution in [2.45, 2.75) is 12.4 Å². The molecule has 2 aromatic rings. The van der Waals surface area contributed by atoms with Crippen LogP contribution in [0.2, 0.25) is 0 Å². The summed E-state index contributed by atoms with van der Waals surface area (Å²) in [7, 11) is 0. The van der Waals surface area contributed by atoms with E-state index in [9.17, 15) is 17.6 Å². The van der Waals surface area contributed by atoms with Crippen molar-refractivity contribution in [2.75, 3.05) is 0 Å². The summed E-state index contributed by atoms with van der Waals surface area (Å²) in [5.74, 6) is -0.748. The van der Waals surface area contributed by atoms with Crippen LogP contribution in [-0.2, 0) is 0 Å². The Kier molecular flexibility index (Phi) is 5.57. The zero-order chi connectivity index (χ0) is 14.8. The van der Waals surface area contributed by atoms with Gasteiger partial charge in [0.2, 0.25) is 0 Å². The van der Waals surface area contributed by atoms with Crippen molar-refractivity contribution >= 4 is 12.4 Å². The second-order valence-corrected chi connectivity index (χ2v) is 4.15. The van der Waals surface area contributed by atoms with Crippen molar-refractivity contribution in [1.82, 2.24) is 0 Å². The van der Waals surface area contributed by atoms with E-state index in [2.05, 4.69) is 4.74 Å². The van der Waals surface area contributed by atoms with Gasteiger partial charge in [0.05, 0.1) is 6.04 Å². The van der Waals surface area contributed by atoms with E-state index in [4.69, 9.17) is 5.73 Å². The molecule has 0 radical (unpaired) electrons. The van der Waals surface area contributed by atoms with Crippen LogP contribution in [0.25, 0.3) is 0 Å². The van der Waals surface area contributed by atoms with Gasteiger partial charge >= 0.3 is 6.36 Å². The van der Waals surface area contributed by atoms with Crippen molar-refractivity contribution in [3.05, 3.63) is 65.5 Å². The maximum absolute atomic E-state index is 13.1. The van der Waals surface area contributed by atoms with Crippen molar-refractivity contribution in [3.63, 3.8) is 0 Å². The summed E-state index contributed by atoms with van der Waals surface area (Å²) in [4.78, 5) is 0. The van der Waals surface area contributed by atoms with Crippen LogP contribution in [-0.4, -0.2) is 6.36 Å². The summed E-state index contributed by atoms with van der Waals surface area (Å²) < 4.78 is 52.9. The molecule has 21 heavy (non-hydrogen) atoms. The number of hydrogen-bond acceptors (Lipinski definition) is 2. The lowest BCUT2D eigenvalue weighted by Crippen LogP contribution is -2.17. The molecule has 0 aliphatic heterocycles. The van der Waals surface area contributed by atoms with Crippen LogP contribution < -0.4 is 10.5 Å². The van der Waals surface area contributed by atoms with E-state index in [0.29, 0.717) is 11.1 Å². The standard InChI is InChI=1S/C14H11F4NO.ClH/c15-11-3-1-2-10(8-11)13(19)9-4-6-12(7-5-9)20-14(16,17)18;/h1-8,13H,19H2;1H/t13-;/m0./s1. The van der Waals surface area contributed by atoms with Crippen molar-refractivity contribution in [1.29, 1.82) is 0 Å². The molecule has 0 saturated heterocycles. The third-order valence-corrected chi connectivity index (χ3v) is 2.68. The smallest absolute Gasteiger partial charge is 0.406 e. The van der Waals surface area contributed by atoms with Gasteiger partial charge < -0.3 is 10.5 Å². The summed E-state index contributed by atoms with van der Waals surface area (Å²) in [5.41, 5.74) is 7.03. The van der Waals surface area contributed by atoms with E-state index >= 15 is 0 Å². The molecule has 2 N–H and O–H groups in total. The molecule has 0 fully saturated rings. The number of nitrogens with two attached hydrogens (primary N) is 1. The highest BCUT2D eigenvalue weighted by molar-refractivity contribution is 5.85. The van der Waals surface area contributed by atoms with E-state index < -0.39 is 18.2 Å². The fourth-order valence-electron chi connectivity index (χ4n) is 1.77. The van der Waals surface area contributed by atoms with Gasteiger partial charge in [-0.25, -0.2) is 4.39 Å². The molecular formula is C14H12ClF4NO. The van der Waals surface area contributed by atoms with Gasteiger partial charge in [-0.05, 0) is 35.4 Å². The first-order valence-corrected chi connectivity index (χ1v) is 5.72. The van der Waals surface area contributed by atoms with Crippen molar-refractivity contribution in [3.8, 4) is 5.75 Å². The molecule has 0 amide bonds. The Morgan fingerprint density at radius 3 is 2.10 bits per heavy atom. The predicted molar refractivity (Wildman–Crippen MR) is 72.8 cm³/mol. The highest BCUT2D eigenvalue weighted by Crippen LogP contribution is 2.26. The predicted octanol–water partition coefficient (Wildman–Crippen LogP) is 4.19. The molecule has 0 bridgehead atoms. The third kappa shape index (κ3) is 4.91. The molecule has 7 heteroatoms. The van der Waals surface area contributed by atoms with Crippen LogP contribution >= 0.6 is 12.4 Å². The van der Waals surface area contributed by atoms with Gasteiger partial charge in [0.25, 0.3) is 0 Å². The Morgan fingerprint density at radius 2 is 1.57 bits per heavy atom. The summed E-state index contributed by atoms with van der Waals surface area (Å²) in [6, 6.07) is 10.3. The second kappa shape index (κ2) is 6.78. The quantitative estimate of drug-likeness (QED) is 0.860. The zero-order valence-electron chi connectivity index (χ0n) is 10.6. The van der Waals surface area contributed by atoms with E-state index in [0.717, 1.165) is 0 Å². The first-order chi connectivity index (χ1) is 9.35. The summed E-state index contributed by atoms with van der Waals surface area (Å²) in [6.07, 6.45) is -4.73. The third-order valence-electron chi connectivity index (χ3n) is 2.68. The SMILES string of the molecule is Cl.N[C@@H](c1ccc(OC(F)(F)F)cc1)c1cccc(F)c1. The lowest BCUT2D eigenvalue weighted by molar-refractivity contribution is -0.274. The number of ether oxygens (including phenoxy) is 1. The molecule has 0 heterocycles. The van der Waals surface area contributed by atoms with Crippen LogP contribution in [0.3, 0.4) is 0 Å². The molecular weight excluding hydrogens is 310 g/mol. The van der Waals surface area contributed by atoms with Crippen LogP contribution in [0.5, 0.6) is 5.75 Å². The Bertz CT molecular complexity index is 586. The number of hydrogen-bond donors (Lipinski definition) is 1. The lowest BCUT2D eigenvalue weighted by atomic mass is 9.99. The number of halogens is 5. The van der Waals surface area contributed by atoms with Gasteiger partial charge in [-0.2, -0.15) is 0 Å². The number of alkyl halides is 3. The summed E-state index contributed by atoms with van der Waals surface area (Å²) in [6.45, 7) is 0. The minimum absolute atomic E-state index is 0. The minimum atomic E-state index is -4.73. The zero-order valence-corrected chi connectivity index (χ0v) is 11.4. The Morgan fingerprint density at radius 1 is 0.952 bits per heavy atom. The fraction of sp³-hybridized carbons (Fsp3) is 0.143. The molecule has 2 rings (SSSR count). The van der Waals surface area contributed by atoms with Crippen LogP contribution in [0.15, 0.2) is 48.5 Å². The van der Waals surface area contributed by atoms with Gasteiger partial charge in [0.1, 0.15) is 11.6 Å². The minimum Gasteiger partial charge on any atom is -0.406 e. The molecule has 0 saturated carbocycles. The Labute approximate surface area is 124 Å². The lowest BCUT2D eigenvalue weighted by Gasteiger charge is -2.14. The largest absolute Gasteiger partial charge is 0.573 e. The van der Waals surface area contributed by atoms with Gasteiger partial charge in [-0.1, -0.05) is 24.3 Å². The fourth-order valence-corrected chi connectivity index (χ4v) is 1.77. The monoisotopic (exact) mass is 321 g/mol. The summed E-state index contributed by atoms with van der Waals surface area (Å²) in [5, 5.41) is 0. The average Bonchev–Trinajstić information content (AvgIpc) is 2.37. The maximum Gasteiger partial charge on any atom is 0.573 e. The average molecular weight is 322 g/mol. The van der Waals surface area contributed by atoms with E-state index in [1.54, 1.807) is 6.07 Å². The molecule has 1 atom stereocenters. The maximum atomic E-state index is 13.1. The van der Waals surface area contributed by atoms with Crippen LogP contribution in [0.4, 0.5) is 17.6 Å². The molecule has 114 valence electrons. The molecule has 0 aliphatic rings.